The summed E-state index contributed by atoms with van der Waals surface area (Å²) in [6.45, 7) is 0.393. The molecule has 4 rings (SSSR count). The molecule has 30 heavy (non-hydrogen) atoms. The molecule has 3 aromatic heterocycles. The van der Waals surface area contributed by atoms with Gasteiger partial charge in [-0.15, -0.1) is 5.10 Å². The predicted octanol–water partition coefficient (Wildman–Crippen LogP) is 3.81. The summed E-state index contributed by atoms with van der Waals surface area (Å²) in [6.07, 6.45) is 3.33. The number of nitro benzene ring substituents is 1. The monoisotopic (exact) mass is 489 g/mol. The van der Waals surface area contributed by atoms with Gasteiger partial charge in [-0.2, -0.15) is 5.10 Å². The molecule has 0 aliphatic heterocycles. The highest BCUT2D eigenvalue weighted by Gasteiger charge is 2.16. The number of ether oxygens (including phenoxy) is 1. The van der Waals surface area contributed by atoms with Gasteiger partial charge in [0.2, 0.25) is 0 Å². The lowest BCUT2D eigenvalue weighted by molar-refractivity contribution is -0.385. The van der Waals surface area contributed by atoms with Crippen LogP contribution in [0, 0.1) is 10.1 Å². The van der Waals surface area contributed by atoms with Crippen LogP contribution in [0.5, 0.6) is 5.75 Å². The van der Waals surface area contributed by atoms with Crippen molar-refractivity contribution in [3.8, 4) is 11.6 Å². The lowest BCUT2D eigenvalue weighted by Gasteiger charge is -2.07. The number of benzene rings is 1. The van der Waals surface area contributed by atoms with Crippen molar-refractivity contribution < 1.29 is 9.66 Å². The van der Waals surface area contributed by atoms with Crippen molar-refractivity contribution in [2.45, 2.75) is 13.2 Å². The summed E-state index contributed by atoms with van der Waals surface area (Å²) >= 11 is 9.61. The number of aromatic nitrogens is 6. The van der Waals surface area contributed by atoms with Crippen molar-refractivity contribution >= 4 is 33.2 Å². The Morgan fingerprint density at radius 2 is 2.07 bits per heavy atom. The van der Waals surface area contributed by atoms with Crippen LogP contribution < -0.4 is 4.74 Å². The Morgan fingerprint density at radius 1 is 1.23 bits per heavy atom. The summed E-state index contributed by atoms with van der Waals surface area (Å²) in [6, 6.07) is 11.5. The number of hydrogen-bond donors (Lipinski definition) is 0. The first-order valence-corrected chi connectivity index (χ1v) is 9.79. The standard InChI is InChI=1S/C18H13BrClN7O3/c19-17-8-13(26(23-17)18-14(20)4-3-7-21-18)10-25-9-12(22-24-25)11-30-16-6-2-1-5-15(16)27(28)29/h1-9H,10-11H2. The van der Waals surface area contributed by atoms with Gasteiger partial charge in [-0.3, -0.25) is 10.1 Å². The fraction of sp³-hybridized carbons (Fsp3) is 0.111. The van der Waals surface area contributed by atoms with Crippen LogP contribution in [0.2, 0.25) is 5.02 Å². The third-order valence-corrected chi connectivity index (χ3v) is 4.72. The number of pyridine rings is 1. The van der Waals surface area contributed by atoms with E-state index in [-0.39, 0.29) is 18.0 Å². The Bertz CT molecular complexity index is 1210. The van der Waals surface area contributed by atoms with E-state index in [9.17, 15) is 10.1 Å². The highest BCUT2D eigenvalue weighted by molar-refractivity contribution is 9.10. The van der Waals surface area contributed by atoms with Crippen LogP contribution in [0.4, 0.5) is 5.69 Å². The molecule has 0 unspecified atom stereocenters. The van der Waals surface area contributed by atoms with Crippen molar-refractivity contribution in [1.82, 2.24) is 29.8 Å². The average Bonchev–Trinajstić information content (AvgIpc) is 3.33. The maximum absolute atomic E-state index is 11.1. The zero-order chi connectivity index (χ0) is 21.1. The molecule has 12 heteroatoms. The number of nitro groups is 1. The second-order valence-electron chi connectivity index (χ2n) is 6.10. The quantitative estimate of drug-likeness (QED) is 0.286. The van der Waals surface area contributed by atoms with Gasteiger partial charge in [0.1, 0.15) is 16.9 Å². The second kappa shape index (κ2) is 8.59. The SMILES string of the molecule is O=[N+]([O-])c1ccccc1OCc1cn(Cc2cc(Br)nn2-c2ncccc2Cl)nn1. The van der Waals surface area contributed by atoms with Gasteiger partial charge in [0.25, 0.3) is 0 Å². The van der Waals surface area contributed by atoms with Crippen LogP contribution in [0.1, 0.15) is 11.4 Å². The molecule has 0 N–H and O–H groups in total. The molecule has 0 fully saturated rings. The Morgan fingerprint density at radius 3 is 2.87 bits per heavy atom. The normalized spacial score (nSPS) is 10.9. The van der Waals surface area contributed by atoms with Gasteiger partial charge < -0.3 is 4.74 Å². The molecule has 10 nitrogen and oxygen atoms in total. The van der Waals surface area contributed by atoms with E-state index in [1.165, 1.54) is 12.1 Å². The lowest BCUT2D eigenvalue weighted by atomic mass is 10.3. The molecule has 3 heterocycles. The summed E-state index contributed by atoms with van der Waals surface area (Å²) in [5.74, 6) is 0.670. The molecule has 0 spiro atoms. The van der Waals surface area contributed by atoms with E-state index in [0.29, 0.717) is 27.7 Å². The first-order valence-electron chi connectivity index (χ1n) is 8.62. The van der Waals surface area contributed by atoms with Crippen LogP contribution in [-0.2, 0) is 13.2 Å². The van der Waals surface area contributed by atoms with E-state index < -0.39 is 4.92 Å². The van der Waals surface area contributed by atoms with E-state index >= 15 is 0 Å². The van der Waals surface area contributed by atoms with E-state index in [4.69, 9.17) is 16.3 Å². The van der Waals surface area contributed by atoms with E-state index in [1.807, 2.05) is 6.07 Å². The molecule has 0 saturated heterocycles. The van der Waals surface area contributed by atoms with Gasteiger partial charge in [0.15, 0.2) is 11.6 Å². The molecule has 0 saturated carbocycles. The largest absolute Gasteiger partial charge is 0.480 e. The van der Waals surface area contributed by atoms with Crippen LogP contribution in [0.15, 0.2) is 59.5 Å². The first-order chi connectivity index (χ1) is 14.5. The van der Waals surface area contributed by atoms with E-state index in [0.717, 1.165) is 5.69 Å². The van der Waals surface area contributed by atoms with Gasteiger partial charge in [0.05, 0.1) is 28.4 Å². The molecular weight excluding hydrogens is 478 g/mol. The first kappa shape index (κ1) is 20.0. The Balaban J connectivity index is 1.50. The van der Waals surface area contributed by atoms with E-state index in [1.54, 1.807) is 46.0 Å². The van der Waals surface area contributed by atoms with Crippen LogP contribution >= 0.6 is 27.5 Å². The number of hydrogen-bond acceptors (Lipinski definition) is 7. The van der Waals surface area contributed by atoms with Gasteiger partial charge in [-0.05, 0) is 40.2 Å². The highest BCUT2D eigenvalue weighted by Crippen LogP contribution is 2.26. The lowest BCUT2D eigenvalue weighted by Crippen LogP contribution is -2.09. The minimum absolute atomic E-state index is 0.0415. The minimum Gasteiger partial charge on any atom is -0.480 e. The van der Waals surface area contributed by atoms with Gasteiger partial charge in [-0.25, -0.2) is 14.3 Å². The molecule has 4 aromatic rings. The van der Waals surface area contributed by atoms with Crippen LogP contribution in [0.25, 0.3) is 5.82 Å². The maximum atomic E-state index is 11.1. The third kappa shape index (κ3) is 4.31. The summed E-state index contributed by atoms with van der Waals surface area (Å²) in [4.78, 5) is 14.9. The zero-order valence-electron chi connectivity index (χ0n) is 15.2. The van der Waals surface area contributed by atoms with E-state index in [2.05, 4.69) is 36.3 Å². The molecule has 0 bridgehead atoms. The second-order valence-corrected chi connectivity index (χ2v) is 7.32. The van der Waals surface area contributed by atoms with Gasteiger partial charge >= 0.3 is 5.69 Å². The molecule has 152 valence electrons. The molecule has 0 atom stereocenters. The fourth-order valence-corrected chi connectivity index (χ4v) is 3.37. The molecular formula is C18H13BrClN7O3. The molecule has 0 aliphatic rings. The average molecular weight is 491 g/mol. The fourth-order valence-electron chi connectivity index (χ4n) is 2.75. The smallest absolute Gasteiger partial charge is 0.310 e. The van der Waals surface area contributed by atoms with Crippen molar-refractivity contribution in [2.24, 2.45) is 0 Å². The summed E-state index contributed by atoms with van der Waals surface area (Å²) < 4.78 is 9.40. The summed E-state index contributed by atoms with van der Waals surface area (Å²) in [5.41, 5.74) is 1.19. The molecule has 0 radical (unpaired) electrons. The Hall–Kier alpha value is -3.31. The summed E-state index contributed by atoms with van der Waals surface area (Å²) in [7, 11) is 0. The van der Waals surface area contributed by atoms with Crippen molar-refractivity contribution in [2.75, 3.05) is 0 Å². The van der Waals surface area contributed by atoms with Crippen LogP contribution in [0.3, 0.4) is 0 Å². The number of para-hydroxylation sites is 2. The van der Waals surface area contributed by atoms with Crippen LogP contribution in [-0.4, -0.2) is 34.7 Å². The van der Waals surface area contributed by atoms with Crippen molar-refractivity contribution in [3.63, 3.8) is 0 Å². The Kier molecular flexibility index (Phi) is 5.72. The highest BCUT2D eigenvalue weighted by atomic mass is 79.9. The topological polar surface area (TPSA) is 114 Å². The molecule has 0 aliphatic carbocycles. The third-order valence-electron chi connectivity index (χ3n) is 4.04. The molecule has 0 amide bonds. The van der Waals surface area contributed by atoms with Crippen molar-refractivity contribution in [1.29, 1.82) is 0 Å². The zero-order valence-corrected chi connectivity index (χ0v) is 17.6. The number of nitrogens with zero attached hydrogens (tertiary/aromatic N) is 7. The molecule has 1 aromatic carbocycles. The van der Waals surface area contributed by atoms with Gasteiger partial charge in [-0.1, -0.05) is 28.9 Å². The summed E-state index contributed by atoms with van der Waals surface area (Å²) in [5, 5.41) is 24.1. The predicted molar refractivity (Wildman–Crippen MR) is 111 cm³/mol. The Labute approximate surface area is 183 Å². The number of halogens is 2. The number of rotatable bonds is 7. The minimum atomic E-state index is -0.492. The van der Waals surface area contributed by atoms with Crippen molar-refractivity contribution in [3.05, 3.63) is 86.0 Å². The van der Waals surface area contributed by atoms with Gasteiger partial charge in [0, 0.05) is 12.3 Å². The maximum Gasteiger partial charge on any atom is 0.310 e.